The van der Waals surface area contributed by atoms with Crippen molar-refractivity contribution in [1.82, 2.24) is 9.62 Å². The predicted octanol–water partition coefficient (Wildman–Crippen LogP) is 0.521. The van der Waals surface area contributed by atoms with Gasteiger partial charge in [0, 0.05) is 19.0 Å². The Morgan fingerprint density at radius 3 is 2.76 bits per heavy atom. The molecule has 2 N–H and O–H groups in total. The molecule has 1 heterocycles. The number of thiol groups is 1. The molecule has 1 amide bonds. The molecule has 0 spiro atoms. The van der Waals surface area contributed by atoms with Crippen LogP contribution in [0.3, 0.4) is 0 Å². The van der Waals surface area contributed by atoms with E-state index in [1.165, 1.54) is 6.92 Å². The lowest BCUT2D eigenvalue weighted by atomic mass is 9.73. The van der Waals surface area contributed by atoms with Gasteiger partial charge in [0.15, 0.2) is 0 Å². The number of nitrogens with zero attached hydrogens (tertiary/aromatic N) is 1. The minimum absolute atomic E-state index is 0.128. The van der Waals surface area contributed by atoms with E-state index in [9.17, 15) is 14.3 Å². The van der Waals surface area contributed by atoms with Crippen molar-refractivity contribution in [2.75, 3.05) is 13.1 Å². The maximum atomic E-state index is 13.3. The van der Waals surface area contributed by atoms with E-state index in [-0.39, 0.29) is 17.9 Å². The molecule has 0 aromatic carbocycles. The number of hydrogen-bond acceptors (Lipinski definition) is 4. The first-order valence-electron chi connectivity index (χ1n) is 5.98. The number of amides is 1. The quantitative estimate of drug-likeness (QED) is 0.636. The standard InChI is InChI=1S/C11H19FN2O2S/c1-11(12)4-7(5-11)10(16)13-8-2-3-14(17)6-9(8)15/h7-9,15,17H,2-6H2,1H3,(H,13,16). The molecular formula is C11H19FN2O2S. The van der Waals surface area contributed by atoms with Gasteiger partial charge < -0.3 is 10.4 Å². The fraction of sp³-hybridized carbons (Fsp3) is 0.909. The summed E-state index contributed by atoms with van der Waals surface area (Å²) in [6.45, 7) is 2.70. The Morgan fingerprint density at radius 2 is 2.24 bits per heavy atom. The van der Waals surface area contributed by atoms with Crippen molar-refractivity contribution in [1.29, 1.82) is 0 Å². The van der Waals surface area contributed by atoms with E-state index in [1.807, 2.05) is 0 Å². The van der Waals surface area contributed by atoms with Crippen LogP contribution in [0.15, 0.2) is 0 Å². The second kappa shape index (κ2) is 4.74. The van der Waals surface area contributed by atoms with Crippen LogP contribution in [0.1, 0.15) is 26.2 Å². The Labute approximate surface area is 106 Å². The number of piperidine rings is 1. The van der Waals surface area contributed by atoms with Crippen LogP contribution in [0.4, 0.5) is 4.39 Å². The minimum Gasteiger partial charge on any atom is -0.390 e. The molecule has 2 fully saturated rings. The van der Waals surface area contributed by atoms with E-state index in [0.717, 1.165) is 6.54 Å². The summed E-state index contributed by atoms with van der Waals surface area (Å²) >= 11 is 4.16. The van der Waals surface area contributed by atoms with Gasteiger partial charge in [0.2, 0.25) is 5.91 Å². The average molecular weight is 262 g/mol. The van der Waals surface area contributed by atoms with Crippen molar-refractivity contribution >= 4 is 18.7 Å². The molecule has 1 aliphatic carbocycles. The fourth-order valence-electron chi connectivity index (χ4n) is 2.54. The summed E-state index contributed by atoms with van der Waals surface area (Å²) in [6, 6.07) is -0.225. The molecule has 6 heteroatoms. The molecule has 1 saturated heterocycles. The molecule has 1 saturated carbocycles. The predicted molar refractivity (Wildman–Crippen MR) is 65.4 cm³/mol. The van der Waals surface area contributed by atoms with E-state index in [1.54, 1.807) is 4.31 Å². The number of rotatable bonds is 2. The minimum atomic E-state index is -1.19. The highest BCUT2D eigenvalue weighted by molar-refractivity contribution is 7.77. The highest BCUT2D eigenvalue weighted by Gasteiger charge is 2.45. The van der Waals surface area contributed by atoms with Crippen molar-refractivity contribution in [3.63, 3.8) is 0 Å². The molecule has 2 rings (SSSR count). The summed E-state index contributed by atoms with van der Waals surface area (Å²) < 4.78 is 15.0. The molecule has 0 radical (unpaired) electrons. The van der Waals surface area contributed by atoms with Crippen LogP contribution in [-0.4, -0.2) is 46.2 Å². The van der Waals surface area contributed by atoms with Gasteiger partial charge in [0.1, 0.15) is 5.67 Å². The summed E-state index contributed by atoms with van der Waals surface area (Å²) in [7, 11) is 0. The van der Waals surface area contributed by atoms with E-state index >= 15 is 0 Å². The monoisotopic (exact) mass is 262 g/mol. The Hall–Kier alpha value is -0.330. The van der Waals surface area contributed by atoms with Crippen LogP contribution in [0, 0.1) is 5.92 Å². The first-order chi connectivity index (χ1) is 7.87. The smallest absolute Gasteiger partial charge is 0.223 e. The molecule has 0 aromatic heterocycles. The third-order valence-electron chi connectivity index (χ3n) is 3.60. The van der Waals surface area contributed by atoms with Crippen molar-refractivity contribution < 1.29 is 14.3 Å². The molecule has 2 unspecified atom stereocenters. The van der Waals surface area contributed by atoms with Gasteiger partial charge in [-0.05, 0) is 26.2 Å². The van der Waals surface area contributed by atoms with Crippen LogP contribution in [0.5, 0.6) is 0 Å². The molecule has 2 aliphatic rings. The summed E-state index contributed by atoms with van der Waals surface area (Å²) in [6.07, 6.45) is 0.665. The zero-order valence-corrected chi connectivity index (χ0v) is 10.8. The molecule has 17 heavy (non-hydrogen) atoms. The number of nitrogens with one attached hydrogen (secondary N) is 1. The number of aliphatic hydroxyl groups excluding tert-OH is 1. The van der Waals surface area contributed by atoms with Crippen LogP contribution in [-0.2, 0) is 4.79 Å². The zero-order chi connectivity index (χ0) is 12.6. The van der Waals surface area contributed by atoms with Crippen molar-refractivity contribution in [3.05, 3.63) is 0 Å². The number of alkyl halides is 1. The number of halogens is 1. The van der Waals surface area contributed by atoms with E-state index in [2.05, 4.69) is 18.1 Å². The van der Waals surface area contributed by atoms with Crippen molar-refractivity contribution in [2.24, 2.45) is 5.92 Å². The molecule has 1 aliphatic heterocycles. The number of hydrogen-bond donors (Lipinski definition) is 3. The first-order valence-corrected chi connectivity index (χ1v) is 6.38. The van der Waals surface area contributed by atoms with Crippen molar-refractivity contribution in [2.45, 2.75) is 44.0 Å². The summed E-state index contributed by atoms with van der Waals surface area (Å²) in [5, 5.41) is 12.6. The Kier molecular flexibility index (Phi) is 3.66. The molecule has 2 atom stereocenters. The molecule has 98 valence electrons. The molecule has 4 nitrogen and oxygen atoms in total. The van der Waals surface area contributed by atoms with Crippen molar-refractivity contribution in [3.8, 4) is 0 Å². The van der Waals surface area contributed by atoms with Gasteiger partial charge in [-0.2, -0.15) is 0 Å². The van der Waals surface area contributed by atoms with Crippen LogP contribution in [0.2, 0.25) is 0 Å². The number of carbonyl (C=O) groups is 1. The van der Waals surface area contributed by atoms with Crippen LogP contribution in [0.25, 0.3) is 0 Å². The SMILES string of the molecule is CC1(F)CC(C(=O)NC2CCN(S)CC2O)C1. The summed E-state index contributed by atoms with van der Waals surface area (Å²) in [5.74, 6) is -0.358. The Balaban J connectivity index is 1.79. The van der Waals surface area contributed by atoms with Gasteiger partial charge in [-0.25, -0.2) is 4.39 Å². The van der Waals surface area contributed by atoms with Gasteiger partial charge in [0.25, 0.3) is 0 Å². The Bertz CT molecular complexity index is 306. The number of carbonyl (C=O) groups excluding carboxylic acids is 1. The van der Waals surface area contributed by atoms with Gasteiger partial charge in [-0.3, -0.25) is 9.10 Å². The maximum absolute atomic E-state index is 13.3. The molecule has 0 bridgehead atoms. The average Bonchev–Trinajstić information content (AvgIpc) is 2.18. The lowest BCUT2D eigenvalue weighted by Crippen LogP contribution is -2.55. The topological polar surface area (TPSA) is 52.6 Å². The second-order valence-corrected chi connectivity index (χ2v) is 5.97. The number of β-amino-alcohol motifs (C(OH)–C–C–N with tert-alkyl or cyclic N) is 1. The lowest BCUT2D eigenvalue weighted by molar-refractivity contribution is -0.135. The zero-order valence-electron chi connectivity index (χ0n) is 9.90. The largest absolute Gasteiger partial charge is 0.390 e. The highest BCUT2D eigenvalue weighted by Crippen LogP contribution is 2.40. The molecular weight excluding hydrogens is 243 g/mol. The first kappa shape index (κ1) is 13.1. The Morgan fingerprint density at radius 1 is 1.59 bits per heavy atom. The fourth-order valence-corrected chi connectivity index (χ4v) is 2.82. The van der Waals surface area contributed by atoms with Gasteiger partial charge in [-0.1, -0.05) is 12.8 Å². The van der Waals surface area contributed by atoms with Crippen LogP contribution >= 0.6 is 12.8 Å². The van der Waals surface area contributed by atoms with Crippen LogP contribution < -0.4 is 5.32 Å². The third kappa shape index (κ3) is 3.11. The number of aliphatic hydroxyl groups is 1. The molecule has 0 aromatic rings. The van der Waals surface area contributed by atoms with Gasteiger partial charge >= 0.3 is 0 Å². The van der Waals surface area contributed by atoms with E-state index < -0.39 is 11.8 Å². The summed E-state index contributed by atoms with van der Waals surface area (Å²) in [5.41, 5.74) is -1.19. The van der Waals surface area contributed by atoms with Gasteiger partial charge in [0.05, 0.1) is 12.1 Å². The van der Waals surface area contributed by atoms with E-state index in [4.69, 9.17) is 0 Å². The van der Waals surface area contributed by atoms with E-state index in [0.29, 0.717) is 25.8 Å². The van der Waals surface area contributed by atoms with Gasteiger partial charge in [-0.15, -0.1) is 0 Å². The summed E-state index contributed by atoms with van der Waals surface area (Å²) in [4.78, 5) is 11.8. The normalized spacial score (nSPS) is 42.9. The third-order valence-corrected chi connectivity index (χ3v) is 3.97. The second-order valence-electron chi connectivity index (χ2n) is 5.40. The highest BCUT2D eigenvalue weighted by atomic mass is 32.1. The maximum Gasteiger partial charge on any atom is 0.223 e. The lowest BCUT2D eigenvalue weighted by Gasteiger charge is -2.39.